The molecule has 40 heavy (non-hydrogen) atoms. The van der Waals surface area contributed by atoms with Gasteiger partial charge in [-0.05, 0) is 45.6 Å². The summed E-state index contributed by atoms with van der Waals surface area (Å²) in [4.78, 5) is 53.7. The molecule has 0 spiro atoms. The van der Waals surface area contributed by atoms with Crippen molar-refractivity contribution in [1.29, 1.82) is 0 Å². The highest BCUT2D eigenvalue weighted by atomic mass is 16.6. The van der Waals surface area contributed by atoms with Crippen molar-refractivity contribution in [2.45, 2.75) is 82.4 Å². The lowest BCUT2D eigenvalue weighted by Crippen LogP contribution is -2.56. The Morgan fingerprint density at radius 2 is 1.98 bits per heavy atom. The zero-order valence-corrected chi connectivity index (χ0v) is 23.3. The van der Waals surface area contributed by atoms with E-state index in [1.165, 1.54) is 4.90 Å². The number of hydrogen-bond donors (Lipinski definition) is 3. The second-order valence-electron chi connectivity index (χ2n) is 11.6. The Hall–Kier alpha value is -3.44. The normalized spacial score (nSPS) is 30.1. The number of aliphatic carboxylic acids is 1. The Kier molecular flexibility index (Phi) is 9.15. The van der Waals surface area contributed by atoms with E-state index in [2.05, 4.69) is 10.6 Å². The van der Waals surface area contributed by atoms with Gasteiger partial charge in [-0.15, -0.1) is 0 Å². The van der Waals surface area contributed by atoms with Crippen LogP contribution in [-0.4, -0.2) is 83.0 Å². The van der Waals surface area contributed by atoms with Crippen LogP contribution >= 0.6 is 0 Å². The maximum atomic E-state index is 13.9. The van der Waals surface area contributed by atoms with Gasteiger partial charge in [-0.3, -0.25) is 9.59 Å². The summed E-state index contributed by atoms with van der Waals surface area (Å²) in [5.41, 5.74) is -1.25. The number of amides is 3. The Morgan fingerprint density at radius 3 is 2.67 bits per heavy atom. The third-order valence-electron chi connectivity index (χ3n) is 7.27. The van der Waals surface area contributed by atoms with Crippen molar-refractivity contribution in [2.24, 2.45) is 5.92 Å². The molecule has 3 aliphatic rings. The number of carboxylic acids is 1. The number of ether oxygens (including phenoxy) is 3. The van der Waals surface area contributed by atoms with Gasteiger partial charge in [0.05, 0.1) is 19.3 Å². The first-order chi connectivity index (χ1) is 19.0. The molecule has 5 atom stereocenters. The van der Waals surface area contributed by atoms with E-state index >= 15 is 0 Å². The summed E-state index contributed by atoms with van der Waals surface area (Å²) in [6.07, 6.45) is 3.49. The highest BCUT2D eigenvalue weighted by Crippen LogP contribution is 2.45. The van der Waals surface area contributed by atoms with Gasteiger partial charge < -0.3 is 34.9 Å². The predicted molar refractivity (Wildman–Crippen MR) is 144 cm³/mol. The van der Waals surface area contributed by atoms with Crippen molar-refractivity contribution in [2.75, 3.05) is 19.8 Å². The lowest BCUT2D eigenvalue weighted by Gasteiger charge is -2.30. The van der Waals surface area contributed by atoms with Crippen molar-refractivity contribution >= 4 is 23.9 Å². The average molecular weight is 558 g/mol. The molecule has 3 N–H and O–H groups in total. The van der Waals surface area contributed by atoms with Gasteiger partial charge in [0.25, 0.3) is 0 Å². The smallest absolute Gasteiger partial charge is 0.408 e. The number of nitrogens with zero attached hydrogens (tertiary/aromatic N) is 1. The van der Waals surface area contributed by atoms with E-state index in [-0.39, 0.29) is 38.3 Å². The van der Waals surface area contributed by atoms with Gasteiger partial charge in [-0.1, -0.05) is 42.5 Å². The van der Waals surface area contributed by atoms with Crippen LogP contribution in [0.15, 0.2) is 42.5 Å². The average Bonchev–Trinajstić information content (AvgIpc) is 3.41. The molecule has 1 saturated carbocycles. The Morgan fingerprint density at radius 1 is 1.23 bits per heavy atom. The Balaban J connectivity index is 1.57. The fraction of sp³-hybridized carbons (Fsp3) is 0.586. The molecule has 0 aromatic heterocycles. The van der Waals surface area contributed by atoms with Crippen molar-refractivity contribution < 1.29 is 38.5 Å². The number of alkyl carbamates (subject to hydrolysis) is 1. The van der Waals surface area contributed by atoms with E-state index in [1.807, 2.05) is 30.3 Å². The molecule has 11 heteroatoms. The van der Waals surface area contributed by atoms with Crippen LogP contribution in [0.4, 0.5) is 4.79 Å². The maximum absolute atomic E-state index is 13.9. The van der Waals surface area contributed by atoms with Crippen molar-refractivity contribution in [3.8, 4) is 0 Å². The monoisotopic (exact) mass is 557 g/mol. The van der Waals surface area contributed by atoms with Gasteiger partial charge in [-0.2, -0.15) is 0 Å². The van der Waals surface area contributed by atoms with Gasteiger partial charge in [0, 0.05) is 25.5 Å². The van der Waals surface area contributed by atoms with Crippen LogP contribution < -0.4 is 10.6 Å². The zero-order chi connectivity index (χ0) is 28.9. The third kappa shape index (κ3) is 7.39. The lowest BCUT2D eigenvalue weighted by molar-refractivity contribution is -0.145. The molecule has 1 aromatic carbocycles. The molecule has 1 aliphatic carbocycles. The van der Waals surface area contributed by atoms with E-state index in [4.69, 9.17) is 14.2 Å². The van der Waals surface area contributed by atoms with E-state index in [1.54, 1.807) is 32.9 Å². The van der Waals surface area contributed by atoms with Crippen LogP contribution in [0.5, 0.6) is 0 Å². The quantitative estimate of drug-likeness (QED) is 0.469. The lowest BCUT2D eigenvalue weighted by atomic mass is 10.1. The van der Waals surface area contributed by atoms with Crippen LogP contribution in [0, 0.1) is 5.92 Å². The summed E-state index contributed by atoms with van der Waals surface area (Å²) in [5.74, 6) is -2.51. The molecule has 2 fully saturated rings. The molecule has 1 saturated heterocycles. The molecule has 2 aliphatic heterocycles. The van der Waals surface area contributed by atoms with Crippen LogP contribution in [0.25, 0.3) is 0 Å². The molecule has 0 unspecified atom stereocenters. The van der Waals surface area contributed by atoms with E-state index < -0.39 is 53.2 Å². The molecule has 2 heterocycles. The van der Waals surface area contributed by atoms with Crippen molar-refractivity contribution in [1.82, 2.24) is 15.5 Å². The van der Waals surface area contributed by atoms with Crippen molar-refractivity contribution in [3.05, 3.63) is 48.0 Å². The summed E-state index contributed by atoms with van der Waals surface area (Å²) in [6.45, 7) is 6.21. The van der Waals surface area contributed by atoms with Gasteiger partial charge in [-0.25, -0.2) is 9.59 Å². The molecule has 0 radical (unpaired) electrons. The van der Waals surface area contributed by atoms with Crippen LogP contribution in [-0.2, 0) is 35.2 Å². The first-order valence-electron chi connectivity index (χ1n) is 13.7. The number of fused-ring (bicyclic) bond motifs is 2. The second kappa shape index (κ2) is 12.4. The minimum absolute atomic E-state index is 0.121. The number of carbonyl (C=O) groups is 4. The van der Waals surface area contributed by atoms with Gasteiger partial charge in [0.2, 0.25) is 11.8 Å². The van der Waals surface area contributed by atoms with E-state index in [0.717, 1.165) is 5.56 Å². The number of carbonyl (C=O) groups excluding carboxylic acids is 3. The molecule has 3 amide bonds. The topological polar surface area (TPSA) is 144 Å². The minimum Gasteiger partial charge on any atom is -0.479 e. The molecule has 1 aromatic rings. The number of carboxylic acid groups (broad SMARTS) is 1. The highest BCUT2D eigenvalue weighted by molar-refractivity contribution is 5.96. The predicted octanol–water partition coefficient (Wildman–Crippen LogP) is 2.39. The van der Waals surface area contributed by atoms with Crippen LogP contribution in [0.2, 0.25) is 0 Å². The molecule has 4 rings (SSSR count). The Bertz CT molecular complexity index is 1120. The number of benzene rings is 1. The van der Waals surface area contributed by atoms with Crippen LogP contribution in [0.3, 0.4) is 0 Å². The third-order valence-corrected chi connectivity index (χ3v) is 7.27. The van der Waals surface area contributed by atoms with Gasteiger partial charge in [0.15, 0.2) is 0 Å². The first-order valence-corrected chi connectivity index (χ1v) is 13.7. The fourth-order valence-electron chi connectivity index (χ4n) is 5.13. The van der Waals surface area contributed by atoms with Crippen LogP contribution in [0.1, 0.15) is 52.0 Å². The summed E-state index contributed by atoms with van der Waals surface area (Å²) in [7, 11) is 0. The summed E-state index contributed by atoms with van der Waals surface area (Å²) in [5, 5.41) is 15.3. The SMILES string of the molecule is CC(C)(C)OC(=O)N[C@H]1CCCOC/C=C\[C@@H]2C[C@@]2(C(=O)O)NC(=O)[C@@H]2C[C@@H](OCc3ccccc3)CN2C1=O. The molecular formula is C29H39N3O8. The second-order valence-corrected chi connectivity index (χ2v) is 11.6. The van der Waals surface area contributed by atoms with Gasteiger partial charge >= 0.3 is 12.1 Å². The summed E-state index contributed by atoms with van der Waals surface area (Å²) >= 11 is 0. The largest absolute Gasteiger partial charge is 0.479 e. The fourth-order valence-corrected chi connectivity index (χ4v) is 5.13. The molecular weight excluding hydrogens is 518 g/mol. The highest BCUT2D eigenvalue weighted by Gasteiger charge is 2.61. The molecule has 218 valence electrons. The standard InChI is InChI=1S/C29H39N3O8/c1-28(2,3)40-27(37)30-22-12-8-14-38-13-7-11-20-16-29(20,26(35)36)31-24(33)23-15-21(17-32(23)25(22)34)39-18-19-9-5-4-6-10-19/h4-7,9-11,20-23H,8,12-18H2,1-3H3,(H,30,37)(H,31,33)(H,35,36)/b11-7-/t20-,21-,22+,23+,29-/m1/s1. The number of hydrogen-bond acceptors (Lipinski definition) is 7. The Labute approximate surface area is 234 Å². The number of rotatable bonds is 5. The summed E-state index contributed by atoms with van der Waals surface area (Å²) < 4.78 is 17.1. The summed E-state index contributed by atoms with van der Waals surface area (Å²) in [6, 6.07) is 7.62. The van der Waals surface area contributed by atoms with Gasteiger partial charge in [0.1, 0.15) is 23.2 Å². The maximum Gasteiger partial charge on any atom is 0.408 e. The minimum atomic E-state index is -1.43. The van der Waals surface area contributed by atoms with Crippen molar-refractivity contribution in [3.63, 3.8) is 0 Å². The molecule has 11 nitrogen and oxygen atoms in total. The first kappa shape index (κ1) is 29.5. The molecule has 0 bridgehead atoms. The number of nitrogens with one attached hydrogen (secondary N) is 2. The van der Waals surface area contributed by atoms with E-state index in [9.17, 15) is 24.3 Å². The van der Waals surface area contributed by atoms with E-state index in [0.29, 0.717) is 19.6 Å². The zero-order valence-electron chi connectivity index (χ0n) is 23.3.